The van der Waals surface area contributed by atoms with Crippen molar-refractivity contribution in [2.75, 3.05) is 5.32 Å². The molecule has 1 amide bonds. The largest absolute Gasteiger partial charge is 0.300 e. The van der Waals surface area contributed by atoms with Crippen LogP contribution < -0.4 is 10.9 Å². The van der Waals surface area contributed by atoms with Crippen molar-refractivity contribution in [2.24, 2.45) is 0 Å². The number of rotatable bonds is 4. The van der Waals surface area contributed by atoms with Crippen LogP contribution in [0.15, 0.2) is 57.5 Å². The molecule has 0 unspecified atom stereocenters. The molecule has 0 bridgehead atoms. The van der Waals surface area contributed by atoms with E-state index in [0.717, 1.165) is 14.7 Å². The molecule has 0 aliphatic carbocycles. The molecule has 8 nitrogen and oxygen atoms in total. The molecule has 0 saturated heterocycles. The molecule has 0 aliphatic rings. The van der Waals surface area contributed by atoms with Gasteiger partial charge in [-0.2, -0.15) is 10.2 Å². The number of carbonyl (C=O) groups excluding carboxylic acids is 1. The second-order valence-corrected chi connectivity index (χ2v) is 7.16. The summed E-state index contributed by atoms with van der Waals surface area (Å²) in [5, 5.41) is 13.2. The van der Waals surface area contributed by atoms with E-state index in [1.54, 1.807) is 17.6 Å². The number of nitrogens with zero attached hydrogens (tertiary/aromatic N) is 5. The number of halogens is 1. The lowest BCUT2D eigenvalue weighted by molar-refractivity contribution is -0.117. The average molecular weight is 431 g/mol. The molecule has 0 spiro atoms. The molecule has 26 heavy (non-hydrogen) atoms. The van der Waals surface area contributed by atoms with E-state index < -0.39 is 5.56 Å². The Morgan fingerprint density at radius 3 is 2.81 bits per heavy atom. The summed E-state index contributed by atoms with van der Waals surface area (Å²) in [7, 11) is 0. The summed E-state index contributed by atoms with van der Waals surface area (Å²) in [6, 6.07) is 9.29. The van der Waals surface area contributed by atoms with Gasteiger partial charge in [-0.05, 0) is 18.2 Å². The Hall–Kier alpha value is -2.85. The number of hydrogen-bond acceptors (Lipinski definition) is 6. The summed E-state index contributed by atoms with van der Waals surface area (Å²) in [6.45, 7) is -0.201. The van der Waals surface area contributed by atoms with Crippen molar-refractivity contribution in [3.63, 3.8) is 0 Å². The van der Waals surface area contributed by atoms with Gasteiger partial charge in [-0.15, -0.1) is 11.3 Å². The van der Waals surface area contributed by atoms with Crippen molar-refractivity contribution in [1.82, 2.24) is 24.4 Å². The van der Waals surface area contributed by atoms with Crippen LogP contribution in [0.1, 0.15) is 0 Å². The molecule has 1 aromatic carbocycles. The van der Waals surface area contributed by atoms with Crippen LogP contribution in [0.5, 0.6) is 0 Å². The highest BCUT2D eigenvalue weighted by atomic mass is 79.9. The van der Waals surface area contributed by atoms with Crippen LogP contribution in [0.2, 0.25) is 0 Å². The number of fused-ring (bicyclic) bond motifs is 1. The van der Waals surface area contributed by atoms with E-state index in [2.05, 4.69) is 36.4 Å². The first-order valence-corrected chi connectivity index (χ1v) is 9.18. The highest BCUT2D eigenvalue weighted by Gasteiger charge is 2.13. The first-order chi connectivity index (χ1) is 12.6. The molecule has 0 radical (unpaired) electrons. The van der Waals surface area contributed by atoms with Crippen molar-refractivity contribution in [3.05, 3.63) is 63.1 Å². The Balaban J connectivity index is 1.63. The van der Waals surface area contributed by atoms with Gasteiger partial charge in [0.15, 0.2) is 5.13 Å². The van der Waals surface area contributed by atoms with Crippen LogP contribution in [0.3, 0.4) is 0 Å². The summed E-state index contributed by atoms with van der Waals surface area (Å²) in [5.41, 5.74) is 1.49. The summed E-state index contributed by atoms with van der Waals surface area (Å²) in [5.74, 6) is -0.369. The second kappa shape index (κ2) is 6.81. The Bertz CT molecular complexity index is 1130. The van der Waals surface area contributed by atoms with Gasteiger partial charge in [0.05, 0.1) is 5.69 Å². The predicted molar refractivity (Wildman–Crippen MR) is 101 cm³/mol. The molecule has 0 atom stereocenters. The number of aromatic nitrogens is 5. The molecule has 1 N–H and O–H groups in total. The number of thiazole rings is 1. The van der Waals surface area contributed by atoms with Gasteiger partial charge >= 0.3 is 0 Å². The molecular formula is C16H11BrN6O2S. The molecule has 4 aromatic rings. The van der Waals surface area contributed by atoms with E-state index in [0.29, 0.717) is 16.3 Å². The molecule has 0 aliphatic heterocycles. The summed E-state index contributed by atoms with van der Waals surface area (Å²) in [4.78, 5) is 28.6. The fourth-order valence-electron chi connectivity index (χ4n) is 2.39. The Kier molecular flexibility index (Phi) is 4.35. The third-order valence-corrected chi connectivity index (χ3v) is 4.82. The lowest BCUT2D eigenvalue weighted by atomic mass is 10.1. The number of hydrogen-bond donors (Lipinski definition) is 1. The van der Waals surface area contributed by atoms with Gasteiger partial charge in [-0.25, -0.2) is 14.2 Å². The Labute approximate surface area is 159 Å². The fraction of sp³-hybridized carbons (Fsp3) is 0.0625. The van der Waals surface area contributed by atoms with Crippen LogP contribution >= 0.6 is 27.3 Å². The first kappa shape index (κ1) is 16.6. The highest BCUT2D eigenvalue weighted by molar-refractivity contribution is 9.10. The normalized spacial score (nSPS) is 11.0. The molecule has 130 valence electrons. The van der Waals surface area contributed by atoms with E-state index in [9.17, 15) is 9.59 Å². The lowest BCUT2D eigenvalue weighted by Gasteiger charge is -2.04. The van der Waals surface area contributed by atoms with Crippen molar-refractivity contribution < 1.29 is 4.79 Å². The number of benzene rings is 1. The Morgan fingerprint density at radius 2 is 2.08 bits per heavy atom. The zero-order valence-corrected chi connectivity index (χ0v) is 15.6. The monoisotopic (exact) mass is 430 g/mol. The smallest absolute Gasteiger partial charge is 0.293 e. The van der Waals surface area contributed by atoms with Crippen molar-refractivity contribution >= 4 is 43.8 Å². The minimum Gasteiger partial charge on any atom is -0.300 e. The first-order valence-electron chi connectivity index (χ1n) is 7.51. The Morgan fingerprint density at radius 1 is 1.27 bits per heavy atom. The minimum atomic E-state index is -0.391. The summed E-state index contributed by atoms with van der Waals surface area (Å²) in [6.07, 6.45) is 3.00. The second-order valence-electron chi connectivity index (χ2n) is 5.35. The maximum Gasteiger partial charge on any atom is 0.293 e. The summed E-state index contributed by atoms with van der Waals surface area (Å²) >= 11 is 4.69. The van der Waals surface area contributed by atoms with E-state index in [4.69, 9.17) is 0 Å². The van der Waals surface area contributed by atoms with Gasteiger partial charge in [-0.3, -0.25) is 9.59 Å². The van der Waals surface area contributed by atoms with E-state index in [-0.39, 0.29) is 12.5 Å². The fourth-order valence-corrected chi connectivity index (χ4v) is 3.20. The number of amides is 1. The number of nitrogens with one attached hydrogen (secondary N) is 1. The van der Waals surface area contributed by atoms with Crippen molar-refractivity contribution in [1.29, 1.82) is 0 Å². The summed E-state index contributed by atoms with van der Waals surface area (Å²) < 4.78 is 3.47. The van der Waals surface area contributed by atoms with Crippen molar-refractivity contribution in [3.8, 4) is 11.3 Å². The quantitative estimate of drug-likeness (QED) is 0.536. The van der Waals surface area contributed by atoms with Gasteiger partial charge in [0.2, 0.25) is 5.91 Å². The van der Waals surface area contributed by atoms with Gasteiger partial charge in [0.1, 0.15) is 18.4 Å². The molecule has 3 heterocycles. The molecule has 0 fully saturated rings. The van der Waals surface area contributed by atoms with Gasteiger partial charge in [0, 0.05) is 21.6 Å². The standard InChI is InChI=1S/C16H11BrN6O2S/c17-11-3-1-10(2-4-11)12-7-13-15(25)22(19-9-23(13)21-12)8-14(24)20-16-18-5-6-26-16/h1-7,9H,8H2,(H,18,20,24). The zero-order chi connectivity index (χ0) is 18.1. The van der Waals surface area contributed by atoms with E-state index in [1.807, 2.05) is 24.3 Å². The molecule has 3 aromatic heterocycles. The number of anilines is 1. The number of carbonyl (C=O) groups is 1. The van der Waals surface area contributed by atoms with Crippen LogP contribution in [0.4, 0.5) is 5.13 Å². The molecule has 0 saturated carbocycles. The van der Waals surface area contributed by atoms with Crippen LogP contribution in [0.25, 0.3) is 16.8 Å². The van der Waals surface area contributed by atoms with Gasteiger partial charge in [0.25, 0.3) is 5.56 Å². The third kappa shape index (κ3) is 3.28. The van der Waals surface area contributed by atoms with Gasteiger partial charge < -0.3 is 5.32 Å². The third-order valence-electron chi connectivity index (χ3n) is 3.60. The molecule has 4 rings (SSSR count). The van der Waals surface area contributed by atoms with Crippen LogP contribution in [-0.2, 0) is 11.3 Å². The van der Waals surface area contributed by atoms with Crippen LogP contribution in [0, 0.1) is 0 Å². The topological polar surface area (TPSA) is 94.2 Å². The van der Waals surface area contributed by atoms with Crippen molar-refractivity contribution in [2.45, 2.75) is 6.54 Å². The highest BCUT2D eigenvalue weighted by Crippen LogP contribution is 2.20. The SMILES string of the molecule is O=C(Cn1ncn2nc(-c3ccc(Br)cc3)cc2c1=O)Nc1nccs1. The minimum absolute atomic E-state index is 0.201. The maximum atomic E-state index is 12.6. The molecule has 10 heteroatoms. The zero-order valence-electron chi connectivity index (χ0n) is 13.2. The predicted octanol–water partition coefficient (Wildman–Crippen LogP) is 2.42. The molecular weight excluding hydrogens is 420 g/mol. The van der Waals surface area contributed by atoms with Gasteiger partial charge in [-0.1, -0.05) is 28.1 Å². The van der Waals surface area contributed by atoms with Crippen LogP contribution in [-0.4, -0.2) is 30.3 Å². The van der Waals surface area contributed by atoms with E-state index >= 15 is 0 Å². The lowest BCUT2D eigenvalue weighted by Crippen LogP contribution is -2.30. The maximum absolute atomic E-state index is 12.6. The average Bonchev–Trinajstić information content (AvgIpc) is 3.28. The van der Waals surface area contributed by atoms with E-state index in [1.165, 1.54) is 22.2 Å².